The van der Waals surface area contributed by atoms with Crippen LogP contribution in [0.3, 0.4) is 0 Å². The molecule has 6 heteroatoms. The van der Waals surface area contributed by atoms with Gasteiger partial charge in [-0.05, 0) is 30.0 Å². The zero-order valence-electron chi connectivity index (χ0n) is 17.9. The van der Waals surface area contributed by atoms with Gasteiger partial charge in [-0.25, -0.2) is 0 Å². The van der Waals surface area contributed by atoms with Gasteiger partial charge >= 0.3 is 0 Å². The SMILES string of the molecule is CP(C)(=O)C(=O)NC[C@@H](CO)NC(c1ccccc1)(c1ccccc1)c1ccccc1. The second kappa shape index (κ2) is 10.1. The van der Waals surface area contributed by atoms with Crippen LogP contribution in [0.1, 0.15) is 16.7 Å². The molecule has 0 radical (unpaired) electrons. The minimum Gasteiger partial charge on any atom is -0.395 e. The van der Waals surface area contributed by atoms with E-state index in [1.54, 1.807) is 0 Å². The average molecular weight is 436 g/mol. The molecule has 0 aromatic heterocycles. The number of amides is 1. The first kappa shape index (κ1) is 23.0. The van der Waals surface area contributed by atoms with Crippen molar-refractivity contribution >= 4 is 12.8 Å². The molecule has 31 heavy (non-hydrogen) atoms. The fourth-order valence-electron chi connectivity index (χ4n) is 3.68. The van der Waals surface area contributed by atoms with Crippen LogP contribution in [0, 0.1) is 0 Å². The number of carbonyl (C=O) groups excluding carboxylic acids is 1. The zero-order valence-corrected chi connectivity index (χ0v) is 18.8. The van der Waals surface area contributed by atoms with Gasteiger partial charge in [-0.1, -0.05) is 91.0 Å². The Labute approximate surface area is 183 Å². The van der Waals surface area contributed by atoms with Crippen LogP contribution in [-0.4, -0.2) is 43.3 Å². The molecule has 1 amide bonds. The number of carbonyl (C=O) groups is 1. The lowest BCUT2D eigenvalue weighted by Crippen LogP contribution is -2.54. The fraction of sp³-hybridized carbons (Fsp3) is 0.240. The van der Waals surface area contributed by atoms with Crippen molar-refractivity contribution in [1.29, 1.82) is 0 Å². The molecule has 3 rings (SSSR count). The summed E-state index contributed by atoms with van der Waals surface area (Å²) in [4.78, 5) is 12.2. The summed E-state index contributed by atoms with van der Waals surface area (Å²) in [5.74, 6) is 0. The lowest BCUT2D eigenvalue weighted by Gasteiger charge is -2.40. The molecule has 0 saturated carbocycles. The molecule has 3 aromatic carbocycles. The number of hydrogen-bond acceptors (Lipinski definition) is 4. The van der Waals surface area contributed by atoms with Gasteiger partial charge in [0.25, 0.3) is 5.65 Å². The molecule has 0 unspecified atom stereocenters. The van der Waals surface area contributed by atoms with Gasteiger partial charge in [0.15, 0.2) is 7.14 Å². The highest BCUT2D eigenvalue weighted by Crippen LogP contribution is 2.38. The molecular weight excluding hydrogens is 407 g/mol. The number of aliphatic hydroxyl groups is 1. The van der Waals surface area contributed by atoms with E-state index < -0.39 is 24.4 Å². The maximum atomic E-state index is 12.2. The molecule has 0 bridgehead atoms. The van der Waals surface area contributed by atoms with Gasteiger partial charge < -0.3 is 15.0 Å². The molecule has 0 aliphatic carbocycles. The van der Waals surface area contributed by atoms with E-state index >= 15 is 0 Å². The fourth-order valence-corrected chi connectivity index (χ4v) is 4.15. The third-order valence-corrected chi connectivity index (χ3v) is 6.39. The molecule has 1 atom stereocenters. The zero-order chi connectivity index (χ0) is 22.3. The van der Waals surface area contributed by atoms with Crippen LogP contribution < -0.4 is 10.6 Å². The van der Waals surface area contributed by atoms with Crippen LogP contribution in [0.2, 0.25) is 0 Å². The van der Waals surface area contributed by atoms with Gasteiger partial charge in [-0.15, -0.1) is 0 Å². The van der Waals surface area contributed by atoms with E-state index in [9.17, 15) is 14.5 Å². The van der Waals surface area contributed by atoms with Crippen molar-refractivity contribution in [3.05, 3.63) is 108 Å². The number of benzene rings is 3. The number of aliphatic hydroxyl groups excluding tert-OH is 1. The summed E-state index contributed by atoms with van der Waals surface area (Å²) in [5.41, 5.74) is 1.78. The molecule has 0 aliphatic heterocycles. The first-order valence-corrected chi connectivity index (χ1v) is 12.9. The molecule has 0 saturated heterocycles. The van der Waals surface area contributed by atoms with Crippen LogP contribution in [0.15, 0.2) is 91.0 Å². The summed E-state index contributed by atoms with van der Waals surface area (Å²) in [6, 6.07) is 29.6. The first-order valence-electron chi connectivity index (χ1n) is 10.3. The Morgan fingerprint density at radius 1 is 0.839 bits per heavy atom. The highest BCUT2D eigenvalue weighted by Gasteiger charge is 2.38. The van der Waals surface area contributed by atoms with E-state index in [-0.39, 0.29) is 13.2 Å². The normalized spacial score (nSPS) is 12.9. The molecule has 0 spiro atoms. The predicted molar refractivity (Wildman–Crippen MR) is 126 cm³/mol. The van der Waals surface area contributed by atoms with Crippen LogP contribution in [0.25, 0.3) is 0 Å². The second-order valence-corrected chi connectivity index (χ2v) is 11.0. The number of rotatable bonds is 9. The van der Waals surface area contributed by atoms with E-state index in [1.165, 1.54) is 13.3 Å². The lowest BCUT2D eigenvalue weighted by molar-refractivity contribution is 0.217. The van der Waals surface area contributed by atoms with Crippen molar-refractivity contribution in [3.8, 4) is 0 Å². The summed E-state index contributed by atoms with van der Waals surface area (Å²) < 4.78 is 12.1. The molecule has 162 valence electrons. The van der Waals surface area contributed by atoms with E-state index in [4.69, 9.17) is 0 Å². The Morgan fingerprint density at radius 2 is 1.23 bits per heavy atom. The molecule has 0 fully saturated rings. The molecular formula is C25H29N2O3P. The van der Waals surface area contributed by atoms with Crippen LogP contribution in [0.4, 0.5) is 4.79 Å². The topological polar surface area (TPSA) is 78.4 Å². The molecule has 0 heterocycles. The maximum Gasteiger partial charge on any atom is 0.278 e. The van der Waals surface area contributed by atoms with Gasteiger partial charge in [-0.2, -0.15) is 0 Å². The van der Waals surface area contributed by atoms with Gasteiger partial charge in [0.2, 0.25) is 0 Å². The van der Waals surface area contributed by atoms with Crippen LogP contribution in [0.5, 0.6) is 0 Å². The van der Waals surface area contributed by atoms with Crippen molar-refractivity contribution in [2.24, 2.45) is 0 Å². The minimum atomic E-state index is -2.91. The predicted octanol–water partition coefficient (Wildman–Crippen LogP) is 4.26. The smallest absolute Gasteiger partial charge is 0.278 e. The molecule has 3 aromatic rings. The summed E-state index contributed by atoms with van der Waals surface area (Å²) >= 11 is 0. The molecule has 5 nitrogen and oxygen atoms in total. The summed E-state index contributed by atoms with van der Waals surface area (Å²) in [6.45, 7) is 2.82. The highest BCUT2D eigenvalue weighted by atomic mass is 31.2. The van der Waals surface area contributed by atoms with E-state index in [0.29, 0.717) is 0 Å². The third kappa shape index (κ3) is 5.31. The number of nitrogens with one attached hydrogen (secondary N) is 2. The largest absolute Gasteiger partial charge is 0.395 e. The van der Waals surface area contributed by atoms with Crippen molar-refractivity contribution in [2.45, 2.75) is 11.6 Å². The van der Waals surface area contributed by atoms with Crippen molar-refractivity contribution in [3.63, 3.8) is 0 Å². The number of hydrogen-bond donors (Lipinski definition) is 3. The van der Waals surface area contributed by atoms with Gasteiger partial charge in [-0.3, -0.25) is 10.1 Å². The minimum absolute atomic E-state index is 0.148. The second-order valence-electron chi connectivity index (χ2n) is 7.91. The quantitative estimate of drug-likeness (QED) is 0.346. The molecule has 3 N–H and O–H groups in total. The summed E-state index contributed by atoms with van der Waals surface area (Å²) in [7, 11) is -2.91. The average Bonchev–Trinajstić information content (AvgIpc) is 2.80. The van der Waals surface area contributed by atoms with Gasteiger partial charge in [0.1, 0.15) is 0 Å². The standard InChI is InChI=1S/C25H29N2O3P/c1-31(2,30)24(29)26-18-23(19-28)27-25(20-12-6-3-7-13-20,21-14-8-4-9-15-21)22-16-10-5-11-17-22/h3-17,23,27-28H,18-19H2,1-2H3,(H,26,29)/t23-/m0/s1. The van der Waals surface area contributed by atoms with E-state index in [2.05, 4.69) is 10.6 Å². The Hall–Kier alpha value is -2.72. The van der Waals surface area contributed by atoms with Gasteiger partial charge in [0, 0.05) is 12.6 Å². The first-order chi connectivity index (χ1) is 14.9. The third-order valence-electron chi connectivity index (χ3n) is 5.25. The Bertz CT molecular complexity index is 924. The molecule has 0 aliphatic rings. The highest BCUT2D eigenvalue weighted by molar-refractivity contribution is 7.78. The maximum absolute atomic E-state index is 12.2. The summed E-state index contributed by atoms with van der Waals surface area (Å²) in [5, 5.41) is 16.5. The van der Waals surface area contributed by atoms with E-state index in [0.717, 1.165) is 16.7 Å². The lowest BCUT2D eigenvalue weighted by atomic mass is 9.76. The van der Waals surface area contributed by atoms with Crippen molar-refractivity contribution in [2.75, 3.05) is 26.5 Å². The van der Waals surface area contributed by atoms with E-state index in [1.807, 2.05) is 91.0 Å². The van der Waals surface area contributed by atoms with Crippen LogP contribution >= 0.6 is 7.14 Å². The Balaban J connectivity index is 2.09. The summed E-state index contributed by atoms with van der Waals surface area (Å²) in [6.07, 6.45) is 0. The Kier molecular flexibility index (Phi) is 7.45. The van der Waals surface area contributed by atoms with Gasteiger partial charge in [0.05, 0.1) is 12.1 Å². The van der Waals surface area contributed by atoms with Crippen LogP contribution in [-0.2, 0) is 10.1 Å². The monoisotopic (exact) mass is 436 g/mol. The Morgan fingerprint density at radius 3 is 1.55 bits per heavy atom. The van der Waals surface area contributed by atoms with Crippen molar-refractivity contribution < 1.29 is 14.5 Å². The van der Waals surface area contributed by atoms with Crippen molar-refractivity contribution in [1.82, 2.24) is 10.6 Å².